The second-order valence-electron chi connectivity index (χ2n) is 7.25. The number of nitrogens with two attached hydrogens (primary N) is 1. The number of primary sulfonamides is 1. The number of nitrogens with one attached hydrogen (secondary N) is 1. The third kappa shape index (κ3) is 4.47. The molecule has 7 heteroatoms. The molecule has 0 fully saturated rings. The molecular weight excluding hydrogens is 410 g/mol. The van der Waals surface area contributed by atoms with Crippen LogP contribution in [0.1, 0.15) is 28.9 Å². The summed E-state index contributed by atoms with van der Waals surface area (Å²) in [4.78, 5) is 17.9. The SMILES string of the molecule is C[C@@H](NC(=O)c1cc(-c2ccccc2)nc2ccccc12)c1cccc(S(N)(=O)=O)c1. The van der Waals surface area contributed by atoms with Crippen LogP contribution in [0.2, 0.25) is 0 Å². The Morgan fingerprint density at radius 3 is 2.39 bits per heavy atom. The van der Waals surface area contributed by atoms with Crippen molar-refractivity contribution in [1.29, 1.82) is 0 Å². The number of para-hydroxylation sites is 1. The van der Waals surface area contributed by atoms with E-state index in [9.17, 15) is 13.2 Å². The van der Waals surface area contributed by atoms with E-state index in [1.165, 1.54) is 12.1 Å². The zero-order valence-corrected chi connectivity index (χ0v) is 17.6. The number of carbonyl (C=O) groups is 1. The van der Waals surface area contributed by atoms with Gasteiger partial charge in [0, 0.05) is 10.9 Å². The van der Waals surface area contributed by atoms with Crippen molar-refractivity contribution in [2.75, 3.05) is 0 Å². The van der Waals surface area contributed by atoms with Gasteiger partial charge < -0.3 is 5.32 Å². The number of amides is 1. The van der Waals surface area contributed by atoms with Gasteiger partial charge in [-0.15, -0.1) is 0 Å². The lowest BCUT2D eigenvalue weighted by Gasteiger charge is -2.16. The molecule has 0 spiro atoms. The highest BCUT2D eigenvalue weighted by Crippen LogP contribution is 2.25. The van der Waals surface area contributed by atoms with Gasteiger partial charge in [0.2, 0.25) is 10.0 Å². The van der Waals surface area contributed by atoms with Crippen molar-refractivity contribution in [2.24, 2.45) is 5.14 Å². The summed E-state index contributed by atoms with van der Waals surface area (Å²) in [5.41, 5.74) is 3.47. The minimum absolute atomic E-state index is 0.00632. The summed E-state index contributed by atoms with van der Waals surface area (Å²) in [5.74, 6) is -0.274. The van der Waals surface area contributed by atoms with E-state index in [1.807, 2.05) is 54.6 Å². The molecule has 4 aromatic rings. The topological polar surface area (TPSA) is 102 Å². The summed E-state index contributed by atoms with van der Waals surface area (Å²) in [6, 6.07) is 24.7. The molecule has 1 atom stereocenters. The Hall–Kier alpha value is -3.55. The Kier molecular flexibility index (Phi) is 5.54. The van der Waals surface area contributed by atoms with Crippen molar-refractivity contribution in [2.45, 2.75) is 17.9 Å². The van der Waals surface area contributed by atoms with Crippen LogP contribution in [0.3, 0.4) is 0 Å². The Labute approximate surface area is 180 Å². The van der Waals surface area contributed by atoms with E-state index in [4.69, 9.17) is 10.1 Å². The van der Waals surface area contributed by atoms with Crippen molar-refractivity contribution in [3.05, 3.63) is 96.1 Å². The van der Waals surface area contributed by atoms with Crippen molar-refractivity contribution in [3.63, 3.8) is 0 Å². The number of pyridine rings is 1. The molecule has 3 N–H and O–H groups in total. The molecule has 0 bridgehead atoms. The lowest BCUT2D eigenvalue weighted by Crippen LogP contribution is -2.27. The third-order valence-corrected chi connectivity index (χ3v) is 5.98. The molecule has 1 amide bonds. The highest BCUT2D eigenvalue weighted by molar-refractivity contribution is 7.89. The standard InChI is InChI=1S/C24H21N3O3S/c1-16(18-10-7-11-19(14-18)31(25,29)30)26-24(28)21-15-23(17-8-3-2-4-9-17)27-22-13-6-5-12-20(21)22/h2-16H,1H3,(H,26,28)(H2,25,29,30)/t16-/m1/s1. The summed E-state index contributed by atoms with van der Waals surface area (Å²) in [7, 11) is -3.83. The smallest absolute Gasteiger partial charge is 0.252 e. The second-order valence-corrected chi connectivity index (χ2v) is 8.81. The van der Waals surface area contributed by atoms with Crippen LogP contribution in [0, 0.1) is 0 Å². The monoisotopic (exact) mass is 431 g/mol. The maximum atomic E-state index is 13.2. The maximum absolute atomic E-state index is 13.2. The van der Waals surface area contributed by atoms with E-state index in [2.05, 4.69) is 5.32 Å². The van der Waals surface area contributed by atoms with Gasteiger partial charge in [0.25, 0.3) is 5.91 Å². The first-order valence-corrected chi connectivity index (χ1v) is 11.3. The Morgan fingerprint density at radius 1 is 0.935 bits per heavy atom. The molecule has 31 heavy (non-hydrogen) atoms. The van der Waals surface area contributed by atoms with Crippen LogP contribution < -0.4 is 10.5 Å². The van der Waals surface area contributed by atoms with Gasteiger partial charge in [-0.05, 0) is 36.8 Å². The predicted molar refractivity (Wildman–Crippen MR) is 121 cm³/mol. The van der Waals surface area contributed by atoms with Crippen LogP contribution in [-0.4, -0.2) is 19.3 Å². The summed E-state index contributed by atoms with van der Waals surface area (Å²) < 4.78 is 23.3. The first-order valence-electron chi connectivity index (χ1n) is 9.72. The van der Waals surface area contributed by atoms with Crippen molar-refractivity contribution >= 4 is 26.8 Å². The molecule has 4 rings (SSSR count). The fourth-order valence-electron chi connectivity index (χ4n) is 3.44. The van der Waals surface area contributed by atoms with E-state index in [-0.39, 0.29) is 10.8 Å². The number of carbonyl (C=O) groups excluding carboxylic acids is 1. The number of rotatable bonds is 5. The molecule has 0 unspecified atom stereocenters. The van der Waals surface area contributed by atoms with Crippen molar-refractivity contribution < 1.29 is 13.2 Å². The van der Waals surface area contributed by atoms with Gasteiger partial charge in [-0.25, -0.2) is 18.5 Å². The molecule has 0 saturated heterocycles. The number of benzene rings is 3. The minimum Gasteiger partial charge on any atom is -0.345 e. The van der Waals surface area contributed by atoms with E-state index in [0.717, 1.165) is 16.5 Å². The second kappa shape index (κ2) is 8.29. The summed E-state index contributed by atoms with van der Waals surface area (Å²) in [5, 5.41) is 8.93. The number of aromatic nitrogens is 1. The Morgan fingerprint density at radius 2 is 1.65 bits per heavy atom. The van der Waals surface area contributed by atoms with Crippen LogP contribution in [0.25, 0.3) is 22.2 Å². The minimum atomic E-state index is -3.83. The molecular formula is C24H21N3O3S. The molecule has 0 saturated carbocycles. The third-order valence-electron chi connectivity index (χ3n) is 5.06. The van der Waals surface area contributed by atoms with Gasteiger partial charge in [0.05, 0.1) is 27.7 Å². The first-order chi connectivity index (χ1) is 14.8. The molecule has 156 valence electrons. The number of nitrogens with zero attached hydrogens (tertiary/aromatic N) is 1. The van der Waals surface area contributed by atoms with Crippen molar-refractivity contribution in [1.82, 2.24) is 10.3 Å². The number of hydrogen-bond donors (Lipinski definition) is 2. The summed E-state index contributed by atoms with van der Waals surface area (Å²) >= 11 is 0. The zero-order chi connectivity index (χ0) is 22.0. The van der Waals surface area contributed by atoms with Gasteiger partial charge in [-0.2, -0.15) is 0 Å². The molecule has 0 aliphatic heterocycles. The number of fused-ring (bicyclic) bond motifs is 1. The van der Waals surface area contributed by atoms with Crippen LogP contribution in [0.5, 0.6) is 0 Å². The average Bonchev–Trinajstić information content (AvgIpc) is 2.78. The molecule has 1 aromatic heterocycles. The van der Waals surface area contributed by atoms with Gasteiger partial charge in [0.1, 0.15) is 0 Å². The lowest BCUT2D eigenvalue weighted by atomic mass is 10.0. The fraction of sp³-hybridized carbons (Fsp3) is 0.0833. The van der Waals surface area contributed by atoms with Gasteiger partial charge in [-0.1, -0.05) is 60.7 Å². The normalized spacial score (nSPS) is 12.5. The summed E-state index contributed by atoms with van der Waals surface area (Å²) in [6.45, 7) is 1.79. The predicted octanol–water partition coefficient (Wildman–Crippen LogP) is 4.04. The highest BCUT2D eigenvalue weighted by atomic mass is 32.2. The highest BCUT2D eigenvalue weighted by Gasteiger charge is 2.18. The van der Waals surface area contributed by atoms with E-state index in [1.54, 1.807) is 25.1 Å². The van der Waals surface area contributed by atoms with Gasteiger partial charge in [-0.3, -0.25) is 4.79 Å². The Balaban J connectivity index is 1.71. The van der Waals surface area contributed by atoms with Gasteiger partial charge >= 0.3 is 0 Å². The maximum Gasteiger partial charge on any atom is 0.252 e. The van der Waals surface area contributed by atoms with E-state index >= 15 is 0 Å². The lowest BCUT2D eigenvalue weighted by molar-refractivity contribution is 0.0941. The summed E-state index contributed by atoms with van der Waals surface area (Å²) in [6.07, 6.45) is 0. The van der Waals surface area contributed by atoms with Gasteiger partial charge in [0.15, 0.2) is 0 Å². The zero-order valence-electron chi connectivity index (χ0n) is 16.8. The Bertz CT molecular complexity index is 1370. The largest absolute Gasteiger partial charge is 0.345 e. The number of hydrogen-bond acceptors (Lipinski definition) is 4. The van der Waals surface area contributed by atoms with Crippen LogP contribution in [0.15, 0.2) is 89.8 Å². The quantitative estimate of drug-likeness (QED) is 0.498. The molecule has 0 aliphatic rings. The van der Waals surface area contributed by atoms with Crippen LogP contribution >= 0.6 is 0 Å². The molecule has 3 aromatic carbocycles. The number of sulfonamides is 1. The molecule has 6 nitrogen and oxygen atoms in total. The van der Waals surface area contributed by atoms with E-state index in [0.29, 0.717) is 16.8 Å². The van der Waals surface area contributed by atoms with Crippen LogP contribution in [0.4, 0.5) is 0 Å². The van der Waals surface area contributed by atoms with Crippen molar-refractivity contribution in [3.8, 4) is 11.3 Å². The average molecular weight is 432 g/mol. The van der Waals surface area contributed by atoms with E-state index < -0.39 is 16.1 Å². The first kappa shape index (κ1) is 20.7. The fourth-order valence-corrected chi connectivity index (χ4v) is 4.01. The van der Waals surface area contributed by atoms with Crippen LogP contribution in [-0.2, 0) is 10.0 Å². The molecule has 1 heterocycles. The molecule has 0 aliphatic carbocycles. The molecule has 0 radical (unpaired) electrons.